The van der Waals surface area contributed by atoms with Gasteiger partial charge in [-0.1, -0.05) is 13.8 Å². The third-order valence-corrected chi connectivity index (χ3v) is 4.50. The smallest absolute Gasteiger partial charge is 0.121 e. The van der Waals surface area contributed by atoms with Crippen LogP contribution in [-0.2, 0) is 9.47 Å². The zero-order valence-corrected chi connectivity index (χ0v) is 8.72. The summed E-state index contributed by atoms with van der Waals surface area (Å²) in [7, 11) is 0. The first-order valence-corrected chi connectivity index (χ1v) is 5.30. The third kappa shape index (κ3) is 0.701. The first kappa shape index (κ1) is 8.25. The summed E-state index contributed by atoms with van der Waals surface area (Å²) in [6.45, 7) is 8.57. The van der Waals surface area contributed by atoms with Gasteiger partial charge in [-0.2, -0.15) is 0 Å². The van der Waals surface area contributed by atoms with Crippen LogP contribution in [0.25, 0.3) is 0 Å². The summed E-state index contributed by atoms with van der Waals surface area (Å²) in [5.41, 5.74) is 0.740. The average molecular weight is 182 g/mol. The van der Waals surface area contributed by atoms with Crippen LogP contribution >= 0.6 is 0 Å². The maximum Gasteiger partial charge on any atom is 0.121 e. The van der Waals surface area contributed by atoms with Gasteiger partial charge in [-0.15, -0.1) is 0 Å². The fourth-order valence-corrected chi connectivity index (χ4v) is 3.82. The highest BCUT2D eigenvalue weighted by Crippen LogP contribution is 2.71. The van der Waals surface area contributed by atoms with E-state index in [0.29, 0.717) is 5.41 Å². The van der Waals surface area contributed by atoms with Gasteiger partial charge in [0.25, 0.3) is 0 Å². The van der Waals surface area contributed by atoms with Gasteiger partial charge in [0.05, 0.1) is 18.8 Å². The number of hydrogen-bond donors (Lipinski definition) is 0. The molecule has 0 amide bonds. The van der Waals surface area contributed by atoms with Crippen LogP contribution in [0.4, 0.5) is 0 Å². The Bertz CT molecular complexity index is 247. The number of ether oxygens (including phenoxy) is 2. The first-order chi connectivity index (χ1) is 6.02. The molecule has 13 heavy (non-hydrogen) atoms. The third-order valence-electron chi connectivity index (χ3n) is 4.50. The molecule has 0 radical (unpaired) electrons. The van der Waals surface area contributed by atoms with Crippen molar-refractivity contribution in [3.05, 3.63) is 0 Å². The maximum atomic E-state index is 6.19. The van der Waals surface area contributed by atoms with E-state index in [1.54, 1.807) is 0 Å². The van der Waals surface area contributed by atoms with Gasteiger partial charge in [0.2, 0.25) is 0 Å². The van der Waals surface area contributed by atoms with Gasteiger partial charge in [0.15, 0.2) is 0 Å². The summed E-state index contributed by atoms with van der Waals surface area (Å²) in [5, 5.41) is 0. The van der Waals surface area contributed by atoms with E-state index in [4.69, 9.17) is 9.47 Å². The summed E-state index contributed by atoms with van der Waals surface area (Å²) < 4.78 is 11.5. The molecule has 3 heterocycles. The molecule has 1 spiro atoms. The van der Waals surface area contributed by atoms with Crippen LogP contribution < -0.4 is 0 Å². The molecule has 1 saturated carbocycles. The predicted molar refractivity (Wildman–Crippen MR) is 49.5 cm³/mol. The second kappa shape index (κ2) is 1.96. The van der Waals surface area contributed by atoms with E-state index in [2.05, 4.69) is 20.8 Å². The Kier molecular flexibility index (Phi) is 1.24. The Labute approximate surface area is 79.6 Å². The van der Waals surface area contributed by atoms with Crippen molar-refractivity contribution in [1.82, 2.24) is 0 Å². The zero-order chi connectivity index (χ0) is 9.32. The molecule has 1 aliphatic carbocycles. The molecular weight excluding hydrogens is 164 g/mol. The molecule has 2 heteroatoms. The van der Waals surface area contributed by atoms with E-state index < -0.39 is 0 Å². The van der Waals surface area contributed by atoms with Crippen LogP contribution in [-0.4, -0.2) is 24.4 Å². The summed E-state index contributed by atoms with van der Waals surface area (Å²) in [4.78, 5) is 0. The lowest BCUT2D eigenvalue weighted by atomic mass is 9.51. The Hall–Kier alpha value is -0.0800. The van der Waals surface area contributed by atoms with Gasteiger partial charge in [0, 0.05) is 5.41 Å². The minimum absolute atomic E-state index is 0.107. The molecule has 0 unspecified atom stereocenters. The molecule has 74 valence electrons. The number of rotatable bonds is 1. The lowest BCUT2D eigenvalue weighted by molar-refractivity contribution is -0.219. The Balaban J connectivity index is 1.97. The minimum Gasteiger partial charge on any atom is -0.375 e. The lowest BCUT2D eigenvalue weighted by Gasteiger charge is -2.53. The molecule has 2 bridgehead atoms. The lowest BCUT2D eigenvalue weighted by Crippen LogP contribution is -2.61. The molecular formula is C11H18O2. The summed E-state index contributed by atoms with van der Waals surface area (Å²) in [6, 6.07) is 0. The maximum absolute atomic E-state index is 6.19. The topological polar surface area (TPSA) is 18.5 Å². The normalized spacial score (nSPS) is 50.8. The van der Waals surface area contributed by atoms with Crippen molar-refractivity contribution >= 4 is 0 Å². The van der Waals surface area contributed by atoms with E-state index in [0.717, 1.165) is 19.1 Å². The molecule has 3 aliphatic heterocycles. The summed E-state index contributed by atoms with van der Waals surface area (Å²) >= 11 is 0. The highest BCUT2D eigenvalue weighted by molar-refractivity contribution is 5.23. The predicted octanol–water partition coefficient (Wildman–Crippen LogP) is 1.98. The quantitative estimate of drug-likeness (QED) is 0.617. The van der Waals surface area contributed by atoms with E-state index in [1.165, 1.54) is 12.8 Å². The molecule has 0 aromatic heterocycles. The van der Waals surface area contributed by atoms with Crippen molar-refractivity contribution in [2.45, 2.75) is 44.8 Å². The second-order valence-electron chi connectivity index (χ2n) is 5.70. The van der Waals surface area contributed by atoms with Crippen molar-refractivity contribution in [3.8, 4) is 0 Å². The molecule has 0 N–H and O–H groups in total. The number of hydrogen-bond acceptors (Lipinski definition) is 2. The zero-order valence-electron chi connectivity index (χ0n) is 8.72. The van der Waals surface area contributed by atoms with Gasteiger partial charge in [0.1, 0.15) is 5.60 Å². The largest absolute Gasteiger partial charge is 0.375 e. The summed E-state index contributed by atoms with van der Waals surface area (Å²) in [6.07, 6.45) is 2.50. The second-order valence-corrected chi connectivity index (χ2v) is 5.70. The Morgan fingerprint density at radius 1 is 1.15 bits per heavy atom. The van der Waals surface area contributed by atoms with Crippen molar-refractivity contribution in [2.75, 3.05) is 13.2 Å². The van der Waals surface area contributed by atoms with Crippen LogP contribution in [0.5, 0.6) is 0 Å². The molecule has 2 nitrogen and oxygen atoms in total. The standard InChI is InChI=1S/C11H18O2/c1-8(2)10-4-9(3,5-10)13-11(10)6-12-7-11/h8H,4-7H2,1-3H3. The van der Waals surface area contributed by atoms with Crippen LogP contribution in [0.3, 0.4) is 0 Å². The van der Waals surface area contributed by atoms with Crippen molar-refractivity contribution in [3.63, 3.8) is 0 Å². The molecule has 4 rings (SSSR count). The fraction of sp³-hybridized carbons (Fsp3) is 1.00. The first-order valence-electron chi connectivity index (χ1n) is 5.30. The van der Waals surface area contributed by atoms with Gasteiger partial charge in [-0.25, -0.2) is 0 Å². The molecule has 0 aromatic rings. The van der Waals surface area contributed by atoms with Crippen LogP contribution in [0.1, 0.15) is 33.6 Å². The Morgan fingerprint density at radius 2 is 1.77 bits per heavy atom. The monoisotopic (exact) mass is 182 g/mol. The van der Waals surface area contributed by atoms with Crippen LogP contribution in [0, 0.1) is 11.3 Å². The molecule has 4 fully saturated rings. The van der Waals surface area contributed by atoms with Gasteiger partial charge in [-0.05, 0) is 25.7 Å². The van der Waals surface area contributed by atoms with Gasteiger partial charge in [-0.3, -0.25) is 0 Å². The van der Waals surface area contributed by atoms with E-state index >= 15 is 0 Å². The van der Waals surface area contributed by atoms with Crippen molar-refractivity contribution in [2.24, 2.45) is 11.3 Å². The highest BCUT2D eigenvalue weighted by Gasteiger charge is 2.76. The Morgan fingerprint density at radius 3 is 2.08 bits per heavy atom. The average Bonchev–Trinajstić information content (AvgIpc) is 2.31. The minimum atomic E-state index is 0.107. The summed E-state index contributed by atoms with van der Waals surface area (Å²) in [5.74, 6) is 0.729. The van der Waals surface area contributed by atoms with Crippen LogP contribution in [0.2, 0.25) is 0 Å². The van der Waals surface area contributed by atoms with Crippen molar-refractivity contribution < 1.29 is 9.47 Å². The molecule has 4 aliphatic rings. The van der Waals surface area contributed by atoms with Gasteiger partial charge >= 0.3 is 0 Å². The molecule has 0 aromatic carbocycles. The van der Waals surface area contributed by atoms with Crippen LogP contribution in [0.15, 0.2) is 0 Å². The molecule has 3 saturated heterocycles. The van der Waals surface area contributed by atoms with Crippen molar-refractivity contribution in [1.29, 1.82) is 0 Å². The van der Waals surface area contributed by atoms with E-state index in [-0.39, 0.29) is 11.2 Å². The fourth-order valence-electron chi connectivity index (χ4n) is 3.82. The molecule has 0 atom stereocenters. The SMILES string of the molecule is CC(C)C12CC(C)(C1)OC21COC1. The van der Waals surface area contributed by atoms with E-state index in [1.807, 2.05) is 0 Å². The van der Waals surface area contributed by atoms with Gasteiger partial charge < -0.3 is 9.47 Å². The van der Waals surface area contributed by atoms with E-state index in [9.17, 15) is 0 Å². The highest BCUT2D eigenvalue weighted by atomic mass is 16.6.